The molecule has 2 atom stereocenters. The predicted molar refractivity (Wildman–Crippen MR) is 70.2 cm³/mol. The molecule has 102 valence electrons. The molecule has 0 spiro atoms. The average Bonchev–Trinajstić information content (AvgIpc) is 2.36. The second-order valence-corrected chi connectivity index (χ2v) is 4.65. The molecule has 0 aromatic rings. The Hall–Kier alpha value is -1.42. The number of carbonyl (C=O) groups is 2. The summed E-state index contributed by atoms with van der Waals surface area (Å²) in [4.78, 5) is 20.9. The molecular weight excluding hydrogens is 232 g/mol. The molecule has 0 aliphatic rings. The lowest BCUT2D eigenvalue weighted by Crippen LogP contribution is -2.12. The number of hydrogen-bond donors (Lipinski definition) is 2. The molecule has 0 saturated heterocycles. The summed E-state index contributed by atoms with van der Waals surface area (Å²) in [6.45, 7) is 5.15. The van der Waals surface area contributed by atoms with Gasteiger partial charge in [0.2, 0.25) is 0 Å². The van der Waals surface area contributed by atoms with Crippen molar-refractivity contribution in [2.45, 2.75) is 46.1 Å². The van der Waals surface area contributed by atoms with Gasteiger partial charge in [0.15, 0.2) is 0 Å². The highest BCUT2D eigenvalue weighted by Crippen LogP contribution is 2.14. The van der Waals surface area contributed by atoms with Crippen LogP contribution in [0.25, 0.3) is 0 Å². The summed E-state index contributed by atoms with van der Waals surface area (Å²) in [5.41, 5.74) is 1.07. The maximum absolute atomic E-state index is 10.4. The first-order valence-electron chi connectivity index (χ1n) is 6.06. The number of allylic oxidation sites excluding steroid dienone is 2. The zero-order valence-corrected chi connectivity index (χ0v) is 11.2. The number of hydrogen-bond acceptors (Lipinski definition) is 4. The summed E-state index contributed by atoms with van der Waals surface area (Å²) < 4.78 is 0. The minimum absolute atomic E-state index is 0.0320. The third-order valence-electron chi connectivity index (χ3n) is 2.76. The third kappa shape index (κ3) is 6.35. The summed E-state index contributed by atoms with van der Waals surface area (Å²) >= 11 is 0. The van der Waals surface area contributed by atoms with E-state index in [1.165, 1.54) is 6.92 Å². The SMILES string of the molecule is C/C(=C\CC[C@@H](C)C=O)CC(O)/C(O)=C(/C)C=O. The fourth-order valence-corrected chi connectivity index (χ4v) is 1.47. The van der Waals surface area contributed by atoms with Crippen LogP contribution in [0.1, 0.15) is 40.0 Å². The minimum atomic E-state index is -1.05. The fraction of sp³-hybridized carbons (Fsp3) is 0.571. The van der Waals surface area contributed by atoms with Gasteiger partial charge < -0.3 is 15.0 Å². The van der Waals surface area contributed by atoms with Crippen molar-refractivity contribution in [2.24, 2.45) is 5.92 Å². The van der Waals surface area contributed by atoms with Crippen molar-refractivity contribution >= 4 is 12.6 Å². The van der Waals surface area contributed by atoms with Crippen molar-refractivity contribution in [3.8, 4) is 0 Å². The Morgan fingerprint density at radius 3 is 2.39 bits per heavy atom. The number of aliphatic hydroxyl groups excluding tert-OH is 2. The van der Waals surface area contributed by atoms with Crippen molar-refractivity contribution in [3.05, 3.63) is 23.0 Å². The lowest BCUT2D eigenvalue weighted by Gasteiger charge is -2.11. The van der Waals surface area contributed by atoms with E-state index < -0.39 is 6.10 Å². The van der Waals surface area contributed by atoms with Crippen LogP contribution in [0.5, 0.6) is 0 Å². The van der Waals surface area contributed by atoms with E-state index in [-0.39, 0.29) is 23.7 Å². The smallest absolute Gasteiger partial charge is 0.149 e. The second-order valence-electron chi connectivity index (χ2n) is 4.65. The molecule has 1 unspecified atom stereocenters. The van der Waals surface area contributed by atoms with Gasteiger partial charge in [0, 0.05) is 17.9 Å². The maximum Gasteiger partial charge on any atom is 0.149 e. The monoisotopic (exact) mass is 254 g/mol. The predicted octanol–water partition coefficient (Wildman–Crippen LogP) is 2.33. The molecule has 2 N–H and O–H groups in total. The molecule has 0 radical (unpaired) electrons. The molecule has 0 aliphatic heterocycles. The standard InChI is InChI=1S/C14H22O4/c1-10(5-4-6-11(2)8-15)7-13(17)14(18)12(3)9-16/h5,8-9,11,13,17-18H,4,6-7H2,1-3H3/b10-5+,14-12+/t11-,13?/m1/s1. The highest BCUT2D eigenvalue weighted by atomic mass is 16.3. The van der Waals surface area contributed by atoms with Gasteiger partial charge in [-0.05, 0) is 26.7 Å². The number of aldehydes is 2. The van der Waals surface area contributed by atoms with E-state index in [0.29, 0.717) is 6.29 Å². The summed E-state index contributed by atoms with van der Waals surface area (Å²) in [7, 11) is 0. The molecule has 18 heavy (non-hydrogen) atoms. The van der Waals surface area contributed by atoms with Crippen LogP contribution >= 0.6 is 0 Å². The Morgan fingerprint density at radius 1 is 1.28 bits per heavy atom. The van der Waals surface area contributed by atoms with Crippen LogP contribution in [0.4, 0.5) is 0 Å². The Labute approximate surface area is 108 Å². The van der Waals surface area contributed by atoms with E-state index in [0.717, 1.165) is 24.7 Å². The highest BCUT2D eigenvalue weighted by Gasteiger charge is 2.12. The first-order chi connectivity index (χ1) is 8.42. The van der Waals surface area contributed by atoms with E-state index in [2.05, 4.69) is 0 Å². The van der Waals surface area contributed by atoms with E-state index in [1.807, 2.05) is 19.9 Å². The maximum atomic E-state index is 10.4. The third-order valence-corrected chi connectivity index (χ3v) is 2.76. The highest BCUT2D eigenvalue weighted by molar-refractivity contribution is 5.73. The van der Waals surface area contributed by atoms with Crippen LogP contribution < -0.4 is 0 Å². The molecule has 0 aliphatic carbocycles. The Bertz CT molecular complexity index is 342. The molecule has 4 nitrogen and oxygen atoms in total. The van der Waals surface area contributed by atoms with Crippen LogP contribution in [0.15, 0.2) is 23.0 Å². The van der Waals surface area contributed by atoms with Crippen molar-refractivity contribution in [1.82, 2.24) is 0 Å². The van der Waals surface area contributed by atoms with E-state index in [4.69, 9.17) is 0 Å². The zero-order valence-electron chi connectivity index (χ0n) is 11.2. The topological polar surface area (TPSA) is 74.6 Å². The van der Waals surface area contributed by atoms with E-state index in [9.17, 15) is 19.8 Å². The van der Waals surface area contributed by atoms with Crippen LogP contribution in [-0.2, 0) is 9.59 Å². The lowest BCUT2D eigenvalue weighted by atomic mass is 10.0. The van der Waals surface area contributed by atoms with Crippen LogP contribution in [0.3, 0.4) is 0 Å². The van der Waals surface area contributed by atoms with Gasteiger partial charge in [0.1, 0.15) is 24.4 Å². The van der Waals surface area contributed by atoms with Gasteiger partial charge in [-0.1, -0.05) is 18.6 Å². The normalized spacial score (nSPS) is 16.8. The molecule has 0 fully saturated rings. The number of rotatable bonds is 8. The molecule has 0 saturated carbocycles. The van der Waals surface area contributed by atoms with E-state index >= 15 is 0 Å². The quantitative estimate of drug-likeness (QED) is 0.302. The summed E-state index contributed by atoms with van der Waals surface area (Å²) in [5, 5.41) is 19.2. The van der Waals surface area contributed by atoms with Gasteiger partial charge in [-0.2, -0.15) is 0 Å². The molecular formula is C14H22O4. The Morgan fingerprint density at radius 2 is 1.89 bits per heavy atom. The average molecular weight is 254 g/mol. The number of carbonyl (C=O) groups excluding carboxylic acids is 2. The zero-order chi connectivity index (χ0) is 14.1. The van der Waals surface area contributed by atoms with E-state index in [1.54, 1.807) is 0 Å². The number of aliphatic hydroxyl groups is 2. The van der Waals surface area contributed by atoms with Crippen LogP contribution in [0.2, 0.25) is 0 Å². The van der Waals surface area contributed by atoms with Gasteiger partial charge >= 0.3 is 0 Å². The first kappa shape index (κ1) is 16.6. The summed E-state index contributed by atoms with van der Waals surface area (Å²) in [6.07, 6.45) is 4.14. The van der Waals surface area contributed by atoms with Gasteiger partial charge in [0.25, 0.3) is 0 Å². The van der Waals surface area contributed by atoms with Gasteiger partial charge in [-0.15, -0.1) is 0 Å². The molecule has 0 aromatic carbocycles. The minimum Gasteiger partial charge on any atom is -0.509 e. The summed E-state index contributed by atoms with van der Waals surface area (Å²) in [5.74, 6) is -0.247. The molecule has 4 heteroatoms. The first-order valence-corrected chi connectivity index (χ1v) is 6.06. The van der Waals surface area contributed by atoms with Crippen molar-refractivity contribution in [1.29, 1.82) is 0 Å². The van der Waals surface area contributed by atoms with Crippen molar-refractivity contribution in [3.63, 3.8) is 0 Å². The molecule has 0 aromatic heterocycles. The van der Waals surface area contributed by atoms with Gasteiger partial charge in [-0.25, -0.2) is 0 Å². The molecule has 0 bridgehead atoms. The lowest BCUT2D eigenvalue weighted by molar-refractivity contribution is -0.110. The van der Waals surface area contributed by atoms with Gasteiger partial charge in [0.05, 0.1) is 0 Å². The van der Waals surface area contributed by atoms with Crippen molar-refractivity contribution in [2.75, 3.05) is 0 Å². The summed E-state index contributed by atoms with van der Waals surface area (Å²) in [6, 6.07) is 0. The Balaban J connectivity index is 4.30. The largest absolute Gasteiger partial charge is 0.509 e. The van der Waals surface area contributed by atoms with Crippen molar-refractivity contribution < 1.29 is 19.8 Å². The van der Waals surface area contributed by atoms with Gasteiger partial charge in [-0.3, -0.25) is 4.79 Å². The molecule has 0 heterocycles. The molecule has 0 rings (SSSR count). The van der Waals surface area contributed by atoms with Crippen LogP contribution in [-0.4, -0.2) is 28.9 Å². The van der Waals surface area contributed by atoms with Crippen LogP contribution in [0, 0.1) is 5.92 Å². The molecule has 0 amide bonds. The second kappa shape index (κ2) is 8.64. The fourth-order valence-electron chi connectivity index (χ4n) is 1.47. The Kier molecular flexibility index (Phi) is 7.96.